The van der Waals surface area contributed by atoms with E-state index in [0.717, 1.165) is 18.7 Å². The van der Waals surface area contributed by atoms with Gasteiger partial charge in [-0.2, -0.15) is 0 Å². The Kier molecular flexibility index (Phi) is 5.34. The number of benzene rings is 1. The first-order valence-electron chi connectivity index (χ1n) is 7.34. The lowest BCUT2D eigenvalue weighted by Gasteiger charge is -2.28. The molecule has 2 rings (SSSR count). The molecule has 1 aromatic carbocycles. The molecule has 0 aromatic heterocycles. The van der Waals surface area contributed by atoms with Crippen molar-refractivity contribution in [2.75, 3.05) is 13.2 Å². The summed E-state index contributed by atoms with van der Waals surface area (Å²) in [5.41, 5.74) is 0.777. The van der Waals surface area contributed by atoms with E-state index in [9.17, 15) is 4.39 Å². The Morgan fingerprint density at radius 2 is 2.05 bits per heavy atom. The van der Waals surface area contributed by atoms with E-state index in [1.807, 2.05) is 19.1 Å². The fourth-order valence-corrected chi connectivity index (χ4v) is 2.67. The molecule has 1 fully saturated rings. The van der Waals surface area contributed by atoms with E-state index in [-0.39, 0.29) is 18.0 Å². The summed E-state index contributed by atoms with van der Waals surface area (Å²) in [6.07, 6.45) is 3.39. The van der Waals surface area contributed by atoms with E-state index in [2.05, 4.69) is 12.2 Å². The molecule has 3 heteroatoms. The average Bonchev–Trinajstić information content (AvgIpc) is 3.22. The first-order valence-corrected chi connectivity index (χ1v) is 7.34. The highest BCUT2D eigenvalue weighted by atomic mass is 19.1. The summed E-state index contributed by atoms with van der Waals surface area (Å²) < 4.78 is 19.7. The molecule has 106 valence electrons. The van der Waals surface area contributed by atoms with Gasteiger partial charge in [0.2, 0.25) is 0 Å². The van der Waals surface area contributed by atoms with E-state index in [0.29, 0.717) is 12.3 Å². The number of rotatable bonds is 8. The highest BCUT2D eigenvalue weighted by Crippen LogP contribution is 2.36. The van der Waals surface area contributed by atoms with Crippen molar-refractivity contribution in [3.05, 3.63) is 35.6 Å². The number of hydrogen-bond acceptors (Lipinski definition) is 2. The number of nitrogens with one attached hydrogen (secondary N) is 1. The maximum Gasteiger partial charge on any atom is 0.126 e. The Bertz CT molecular complexity index is 392. The maximum absolute atomic E-state index is 13.8. The Balaban J connectivity index is 2.08. The van der Waals surface area contributed by atoms with Gasteiger partial charge in [0, 0.05) is 12.6 Å². The number of likely N-dealkylation sites (N-methyl/N-ethyl adjacent to an activating group) is 1. The van der Waals surface area contributed by atoms with Crippen LogP contribution < -0.4 is 5.32 Å². The third kappa shape index (κ3) is 4.02. The van der Waals surface area contributed by atoms with E-state index in [1.54, 1.807) is 6.07 Å². The molecular formula is C16H24FNO. The van der Waals surface area contributed by atoms with Crippen LogP contribution in [-0.2, 0) is 11.2 Å². The van der Waals surface area contributed by atoms with Crippen LogP contribution in [0.3, 0.4) is 0 Å². The summed E-state index contributed by atoms with van der Waals surface area (Å²) >= 11 is 0. The summed E-state index contributed by atoms with van der Waals surface area (Å²) in [7, 11) is 0. The molecule has 0 radical (unpaired) electrons. The third-order valence-corrected chi connectivity index (χ3v) is 3.71. The highest BCUT2D eigenvalue weighted by molar-refractivity contribution is 5.19. The van der Waals surface area contributed by atoms with Crippen LogP contribution in [0.1, 0.15) is 32.3 Å². The largest absolute Gasteiger partial charge is 0.377 e. The Labute approximate surface area is 115 Å². The van der Waals surface area contributed by atoms with Gasteiger partial charge in [0.25, 0.3) is 0 Å². The van der Waals surface area contributed by atoms with Crippen molar-refractivity contribution in [1.82, 2.24) is 5.32 Å². The zero-order valence-corrected chi connectivity index (χ0v) is 11.9. The molecule has 0 amide bonds. The van der Waals surface area contributed by atoms with Crippen LogP contribution in [0.15, 0.2) is 24.3 Å². The lowest BCUT2D eigenvalue weighted by atomic mass is 9.97. The maximum atomic E-state index is 13.8. The topological polar surface area (TPSA) is 21.3 Å². The molecule has 0 aliphatic heterocycles. The molecule has 0 spiro atoms. The molecular weight excluding hydrogens is 241 g/mol. The van der Waals surface area contributed by atoms with Gasteiger partial charge in [0.15, 0.2) is 0 Å². The van der Waals surface area contributed by atoms with Crippen LogP contribution in [0, 0.1) is 11.7 Å². The first-order chi connectivity index (χ1) is 9.26. The predicted octanol–water partition coefficient (Wildman–Crippen LogP) is 3.16. The van der Waals surface area contributed by atoms with Gasteiger partial charge in [0.1, 0.15) is 5.82 Å². The zero-order valence-electron chi connectivity index (χ0n) is 11.9. The number of ether oxygens (including phenoxy) is 1. The molecule has 0 saturated heterocycles. The summed E-state index contributed by atoms with van der Waals surface area (Å²) in [5.74, 6) is 0.534. The smallest absolute Gasteiger partial charge is 0.126 e. The molecule has 19 heavy (non-hydrogen) atoms. The Morgan fingerprint density at radius 1 is 1.32 bits per heavy atom. The fraction of sp³-hybridized carbons (Fsp3) is 0.625. The SMILES string of the molecule is CCNC(Cc1ccccc1F)C(OCC)C1CC1. The Hall–Kier alpha value is -0.930. The van der Waals surface area contributed by atoms with Crippen molar-refractivity contribution in [2.45, 2.75) is 45.3 Å². The van der Waals surface area contributed by atoms with E-state index < -0.39 is 0 Å². The van der Waals surface area contributed by atoms with Crippen molar-refractivity contribution in [3.8, 4) is 0 Å². The average molecular weight is 265 g/mol. The molecule has 1 aromatic rings. The number of hydrogen-bond donors (Lipinski definition) is 1. The number of halogens is 1. The lowest BCUT2D eigenvalue weighted by Crippen LogP contribution is -2.44. The third-order valence-electron chi connectivity index (χ3n) is 3.71. The van der Waals surface area contributed by atoms with E-state index >= 15 is 0 Å². The van der Waals surface area contributed by atoms with Crippen molar-refractivity contribution >= 4 is 0 Å². The predicted molar refractivity (Wildman–Crippen MR) is 75.7 cm³/mol. The van der Waals surface area contributed by atoms with Crippen LogP contribution in [0.25, 0.3) is 0 Å². The van der Waals surface area contributed by atoms with Gasteiger partial charge in [-0.15, -0.1) is 0 Å². The monoisotopic (exact) mass is 265 g/mol. The molecule has 2 unspecified atom stereocenters. The summed E-state index contributed by atoms with van der Waals surface area (Å²) in [6.45, 7) is 5.72. The minimum absolute atomic E-state index is 0.114. The molecule has 0 heterocycles. The van der Waals surface area contributed by atoms with Crippen LogP contribution in [-0.4, -0.2) is 25.3 Å². The minimum Gasteiger partial charge on any atom is -0.377 e. The van der Waals surface area contributed by atoms with Crippen molar-refractivity contribution in [3.63, 3.8) is 0 Å². The summed E-state index contributed by atoms with van der Waals surface area (Å²) in [6, 6.07) is 7.24. The van der Waals surface area contributed by atoms with Crippen LogP contribution >= 0.6 is 0 Å². The highest BCUT2D eigenvalue weighted by Gasteiger charge is 2.37. The van der Waals surface area contributed by atoms with Gasteiger partial charge < -0.3 is 10.1 Å². The molecule has 1 saturated carbocycles. The Morgan fingerprint density at radius 3 is 2.63 bits per heavy atom. The van der Waals surface area contributed by atoms with Crippen LogP contribution in [0.4, 0.5) is 4.39 Å². The molecule has 2 nitrogen and oxygen atoms in total. The van der Waals surface area contributed by atoms with Crippen LogP contribution in [0.5, 0.6) is 0 Å². The van der Waals surface area contributed by atoms with E-state index in [4.69, 9.17) is 4.74 Å². The van der Waals surface area contributed by atoms with Crippen molar-refractivity contribution in [2.24, 2.45) is 5.92 Å². The fourth-order valence-electron chi connectivity index (χ4n) is 2.67. The van der Waals surface area contributed by atoms with Gasteiger partial charge in [-0.05, 0) is 50.3 Å². The van der Waals surface area contributed by atoms with Gasteiger partial charge in [-0.3, -0.25) is 0 Å². The van der Waals surface area contributed by atoms with Gasteiger partial charge in [0.05, 0.1) is 6.10 Å². The van der Waals surface area contributed by atoms with Crippen LogP contribution in [0.2, 0.25) is 0 Å². The van der Waals surface area contributed by atoms with Crippen molar-refractivity contribution < 1.29 is 9.13 Å². The second-order valence-corrected chi connectivity index (χ2v) is 5.22. The van der Waals surface area contributed by atoms with Gasteiger partial charge >= 0.3 is 0 Å². The normalized spacial score (nSPS) is 18.3. The quantitative estimate of drug-likeness (QED) is 0.779. The van der Waals surface area contributed by atoms with Crippen molar-refractivity contribution in [1.29, 1.82) is 0 Å². The summed E-state index contributed by atoms with van der Waals surface area (Å²) in [5, 5.41) is 3.47. The standard InChI is InChI=1S/C16H24FNO/c1-3-18-15(16(19-4-2)12-9-10-12)11-13-7-5-6-8-14(13)17/h5-8,12,15-16,18H,3-4,9-11H2,1-2H3. The minimum atomic E-state index is -0.114. The van der Waals surface area contributed by atoms with Gasteiger partial charge in [-0.25, -0.2) is 4.39 Å². The van der Waals surface area contributed by atoms with Gasteiger partial charge in [-0.1, -0.05) is 25.1 Å². The van der Waals surface area contributed by atoms with E-state index in [1.165, 1.54) is 18.9 Å². The molecule has 1 aliphatic rings. The molecule has 1 aliphatic carbocycles. The second-order valence-electron chi connectivity index (χ2n) is 5.22. The molecule has 2 atom stereocenters. The lowest BCUT2D eigenvalue weighted by molar-refractivity contribution is 0.0194. The molecule has 0 bridgehead atoms. The zero-order chi connectivity index (χ0) is 13.7. The first kappa shape index (κ1) is 14.5. The summed E-state index contributed by atoms with van der Waals surface area (Å²) in [4.78, 5) is 0. The second kappa shape index (κ2) is 7.01. The molecule has 1 N–H and O–H groups in total.